The summed E-state index contributed by atoms with van der Waals surface area (Å²) in [7, 11) is 0. The number of aryl methyl sites for hydroxylation is 1. The minimum atomic E-state index is -0.685. The predicted molar refractivity (Wildman–Crippen MR) is 118 cm³/mol. The summed E-state index contributed by atoms with van der Waals surface area (Å²) >= 11 is 0. The number of para-hydroxylation sites is 1. The molecule has 2 aromatic carbocycles. The van der Waals surface area contributed by atoms with Crippen LogP contribution in [0.5, 0.6) is 5.75 Å². The van der Waals surface area contributed by atoms with Gasteiger partial charge in [-0.25, -0.2) is 4.98 Å². The number of H-pyrrole nitrogens is 1. The van der Waals surface area contributed by atoms with Gasteiger partial charge in [-0.2, -0.15) is 0 Å². The fraction of sp³-hybridized carbons (Fsp3) is 0.375. The fourth-order valence-corrected chi connectivity index (χ4v) is 3.86. The summed E-state index contributed by atoms with van der Waals surface area (Å²) < 4.78 is 11.7. The third-order valence-electron chi connectivity index (χ3n) is 5.41. The van der Waals surface area contributed by atoms with Crippen LogP contribution in [0.25, 0.3) is 10.9 Å². The van der Waals surface area contributed by atoms with E-state index in [-0.39, 0.29) is 24.1 Å². The molecule has 3 aromatic rings. The Morgan fingerprint density at radius 2 is 2.13 bits per heavy atom. The van der Waals surface area contributed by atoms with Gasteiger partial charge in [-0.15, -0.1) is 0 Å². The second-order valence-corrected chi connectivity index (χ2v) is 7.96. The Labute approximate surface area is 181 Å². The third kappa shape index (κ3) is 5.11. The van der Waals surface area contributed by atoms with Crippen LogP contribution >= 0.6 is 0 Å². The van der Waals surface area contributed by atoms with Crippen molar-refractivity contribution in [3.8, 4) is 5.75 Å². The first-order valence-corrected chi connectivity index (χ1v) is 10.6. The first-order valence-electron chi connectivity index (χ1n) is 10.6. The molecule has 1 fully saturated rings. The van der Waals surface area contributed by atoms with E-state index in [9.17, 15) is 9.59 Å². The van der Waals surface area contributed by atoms with Gasteiger partial charge >= 0.3 is 0 Å². The Bertz CT molecular complexity index is 1120. The van der Waals surface area contributed by atoms with Crippen molar-refractivity contribution in [3.63, 3.8) is 0 Å². The molecular weight excluding hydrogens is 394 g/mol. The number of nitrogens with zero attached hydrogens (tertiary/aromatic N) is 2. The first-order chi connectivity index (χ1) is 15.0. The summed E-state index contributed by atoms with van der Waals surface area (Å²) in [6.07, 6.45) is 1.17. The smallest absolute Gasteiger partial charge is 0.263 e. The lowest BCUT2D eigenvalue weighted by Gasteiger charge is -2.28. The Hall–Kier alpha value is -3.19. The Morgan fingerprint density at radius 1 is 1.29 bits per heavy atom. The average Bonchev–Trinajstić information content (AvgIpc) is 3.26. The molecule has 4 rings (SSSR count). The van der Waals surface area contributed by atoms with Gasteiger partial charge in [0.1, 0.15) is 11.6 Å². The molecule has 0 bridgehead atoms. The molecule has 0 aliphatic carbocycles. The Morgan fingerprint density at radius 3 is 2.90 bits per heavy atom. The minimum Gasteiger partial charge on any atom is -0.481 e. The van der Waals surface area contributed by atoms with E-state index in [1.165, 1.54) is 0 Å². The van der Waals surface area contributed by atoms with Crippen molar-refractivity contribution in [2.24, 2.45) is 0 Å². The number of ether oxygens (including phenoxy) is 2. The molecule has 1 saturated heterocycles. The maximum Gasteiger partial charge on any atom is 0.263 e. The van der Waals surface area contributed by atoms with Gasteiger partial charge in [0.15, 0.2) is 6.10 Å². The summed E-state index contributed by atoms with van der Waals surface area (Å²) in [6, 6.07) is 14.8. The van der Waals surface area contributed by atoms with Crippen molar-refractivity contribution in [1.82, 2.24) is 14.9 Å². The quantitative estimate of drug-likeness (QED) is 0.633. The van der Waals surface area contributed by atoms with Crippen LogP contribution in [0.15, 0.2) is 53.3 Å². The lowest BCUT2D eigenvalue weighted by molar-refractivity contribution is -0.140. The molecule has 0 saturated carbocycles. The normalized spacial score (nSPS) is 16.9. The highest BCUT2D eigenvalue weighted by molar-refractivity contribution is 5.81. The maximum atomic E-state index is 13.3. The molecule has 0 spiro atoms. The van der Waals surface area contributed by atoms with Crippen LogP contribution in [-0.2, 0) is 16.1 Å². The molecule has 7 nitrogen and oxygen atoms in total. The number of amides is 1. The molecule has 1 aromatic heterocycles. The number of aromatic amines is 1. The molecule has 1 aliphatic heterocycles. The summed E-state index contributed by atoms with van der Waals surface area (Å²) in [4.78, 5) is 34.8. The molecule has 31 heavy (non-hydrogen) atoms. The van der Waals surface area contributed by atoms with Crippen LogP contribution in [0, 0.1) is 6.92 Å². The second-order valence-electron chi connectivity index (χ2n) is 7.96. The van der Waals surface area contributed by atoms with E-state index in [2.05, 4.69) is 9.97 Å². The summed E-state index contributed by atoms with van der Waals surface area (Å²) in [5.74, 6) is 0.917. The standard InChI is InChI=1S/C24H27N3O4/c1-16-7-5-8-18(13-16)31-17(2)24(29)27(14-19-9-6-12-30-19)15-22-25-21-11-4-3-10-20(21)23(28)26-22/h3-5,7-8,10-11,13,17,19H,6,9,12,14-15H2,1-2H3,(H,25,26,28)/t17-,19-/m1/s1. The Balaban J connectivity index is 1.56. The summed E-state index contributed by atoms with van der Waals surface area (Å²) in [5.41, 5.74) is 1.45. The molecule has 0 unspecified atom stereocenters. The van der Waals surface area contributed by atoms with E-state index in [1.807, 2.05) is 37.3 Å². The van der Waals surface area contributed by atoms with Crippen LogP contribution in [0.3, 0.4) is 0 Å². The van der Waals surface area contributed by atoms with E-state index in [0.717, 1.165) is 18.4 Å². The predicted octanol–water partition coefficient (Wildman–Crippen LogP) is 3.21. The van der Waals surface area contributed by atoms with E-state index in [1.54, 1.807) is 30.0 Å². The zero-order valence-corrected chi connectivity index (χ0v) is 17.8. The largest absolute Gasteiger partial charge is 0.481 e. The highest BCUT2D eigenvalue weighted by atomic mass is 16.5. The van der Waals surface area contributed by atoms with E-state index in [4.69, 9.17) is 9.47 Å². The van der Waals surface area contributed by atoms with Crippen LogP contribution in [0.4, 0.5) is 0 Å². The van der Waals surface area contributed by atoms with Crippen molar-refractivity contribution < 1.29 is 14.3 Å². The number of carbonyl (C=O) groups excluding carboxylic acids is 1. The number of hydrogen-bond acceptors (Lipinski definition) is 5. The van der Waals surface area contributed by atoms with Gasteiger partial charge in [-0.3, -0.25) is 9.59 Å². The minimum absolute atomic E-state index is 0.0256. The number of carbonyl (C=O) groups is 1. The fourth-order valence-electron chi connectivity index (χ4n) is 3.86. The third-order valence-corrected chi connectivity index (χ3v) is 5.41. The van der Waals surface area contributed by atoms with Crippen molar-refractivity contribution in [2.45, 2.75) is 45.4 Å². The number of rotatable bonds is 7. The van der Waals surface area contributed by atoms with Gasteiger partial charge in [0.25, 0.3) is 11.5 Å². The highest BCUT2D eigenvalue weighted by Crippen LogP contribution is 2.18. The van der Waals surface area contributed by atoms with Gasteiger partial charge < -0.3 is 19.4 Å². The number of nitrogens with one attached hydrogen (secondary N) is 1. The monoisotopic (exact) mass is 421 g/mol. The van der Waals surface area contributed by atoms with Crippen LogP contribution in [-0.4, -0.2) is 46.1 Å². The molecular formula is C24H27N3O4. The number of hydrogen-bond donors (Lipinski definition) is 1. The SMILES string of the molecule is Cc1cccc(O[C@H](C)C(=O)N(Cc2nc3ccccc3c(=O)[nH]2)C[C@H]2CCCO2)c1. The number of benzene rings is 2. The zero-order valence-electron chi connectivity index (χ0n) is 17.8. The van der Waals surface area contributed by atoms with Crippen LogP contribution in [0.2, 0.25) is 0 Å². The van der Waals surface area contributed by atoms with Crippen LogP contribution < -0.4 is 10.3 Å². The van der Waals surface area contributed by atoms with Crippen molar-refractivity contribution >= 4 is 16.8 Å². The summed E-state index contributed by atoms with van der Waals surface area (Å²) in [5, 5.41) is 0.527. The first kappa shape index (κ1) is 21.1. The average molecular weight is 421 g/mol. The topological polar surface area (TPSA) is 84.5 Å². The van der Waals surface area contributed by atoms with Gasteiger partial charge in [0.2, 0.25) is 0 Å². The van der Waals surface area contributed by atoms with Gasteiger partial charge in [0.05, 0.1) is 23.6 Å². The zero-order chi connectivity index (χ0) is 21.8. The number of aromatic nitrogens is 2. The molecule has 7 heteroatoms. The second kappa shape index (κ2) is 9.31. The van der Waals surface area contributed by atoms with Crippen LogP contribution in [0.1, 0.15) is 31.2 Å². The van der Waals surface area contributed by atoms with Crippen molar-refractivity contribution in [2.75, 3.05) is 13.2 Å². The van der Waals surface area contributed by atoms with Crippen molar-refractivity contribution in [3.05, 3.63) is 70.3 Å². The molecule has 0 radical (unpaired) electrons. The lowest BCUT2D eigenvalue weighted by atomic mass is 10.2. The summed E-state index contributed by atoms with van der Waals surface area (Å²) in [6.45, 7) is 5.03. The Kier molecular flexibility index (Phi) is 6.32. The highest BCUT2D eigenvalue weighted by Gasteiger charge is 2.27. The molecule has 1 N–H and O–H groups in total. The maximum absolute atomic E-state index is 13.3. The lowest BCUT2D eigenvalue weighted by Crippen LogP contribution is -2.44. The van der Waals surface area contributed by atoms with E-state index < -0.39 is 6.10 Å². The molecule has 162 valence electrons. The van der Waals surface area contributed by atoms with Gasteiger partial charge in [0, 0.05) is 13.2 Å². The van der Waals surface area contributed by atoms with E-state index in [0.29, 0.717) is 35.6 Å². The van der Waals surface area contributed by atoms with Gasteiger partial charge in [-0.05, 0) is 56.5 Å². The molecule has 1 aliphatic rings. The van der Waals surface area contributed by atoms with Gasteiger partial charge in [-0.1, -0.05) is 24.3 Å². The molecule has 1 amide bonds. The molecule has 2 heterocycles. The van der Waals surface area contributed by atoms with E-state index >= 15 is 0 Å². The molecule has 2 atom stereocenters. The number of fused-ring (bicyclic) bond motifs is 1. The van der Waals surface area contributed by atoms with Crippen molar-refractivity contribution in [1.29, 1.82) is 0 Å².